The van der Waals surface area contributed by atoms with Crippen molar-refractivity contribution in [1.82, 2.24) is 4.98 Å². The van der Waals surface area contributed by atoms with E-state index in [1.54, 1.807) is 31.5 Å². The Morgan fingerprint density at radius 3 is 2.88 bits per heavy atom. The molecule has 0 amide bonds. The highest BCUT2D eigenvalue weighted by Gasteiger charge is 2.20. The van der Waals surface area contributed by atoms with Crippen molar-refractivity contribution in [3.8, 4) is 5.75 Å². The van der Waals surface area contributed by atoms with Gasteiger partial charge in [0.15, 0.2) is 6.10 Å². The van der Waals surface area contributed by atoms with Crippen molar-refractivity contribution < 1.29 is 14.3 Å². The lowest BCUT2D eigenvalue weighted by molar-refractivity contribution is -0.151. The van der Waals surface area contributed by atoms with E-state index in [1.165, 1.54) is 0 Å². The number of carbonyl (C=O) groups is 1. The molecule has 0 saturated heterocycles. The maximum Gasteiger partial charge on any atom is 0.347 e. The van der Waals surface area contributed by atoms with Crippen LogP contribution in [0.3, 0.4) is 0 Å². The minimum Gasteiger partial charge on any atom is -0.477 e. The maximum absolute atomic E-state index is 11.6. The average Bonchev–Trinajstić information content (AvgIpc) is 2.30. The van der Waals surface area contributed by atoms with E-state index in [-0.39, 0.29) is 5.97 Å². The summed E-state index contributed by atoms with van der Waals surface area (Å²) < 4.78 is 10.5. The highest BCUT2D eigenvalue weighted by molar-refractivity contribution is 5.75. The molecule has 0 bridgehead atoms. The van der Waals surface area contributed by atoms with Crippen molar-refractivity contribution in [1.29, 1.82) is 0 Å². The zero-order valence-corrected chi connectivity index (χ0v) is 9.68. The number of esters is 1. The SMILES string of the molecule is CCCC(Oc1cccnc1)C(=O)OCC. The summed E-state index contributed by atoms with van der Waals surface area (Å²) in [7, 11) is 0. The second-order valence-electron chi connectivity index (χ2n) is 3.34. The van der Waals surface area contributed by atoms with E-state index in [2.05, 4.69) is 4.98 Å². The molecule has 0 aliphatic rings. The molecule has 0 aliphatic heterocycles. The Hall–Kier alpha value is -1.58. The van der Waals surface area contributed by atoms with Crippen molar-refractivity contribution in [3.05, 3.63) is 24.5 Å². The molecule has 1 aromatic heterocycles. The monoisotopic (exact) mass is 223 g/mol. The smallest absolute Gasteiger partial charge is 0.347 e. The quantitative estimate of drug-likeness (QED) is 0.694. The molecule has 0 aromatic carbocycles. The average molecular weight is 223 g/mol. The zero-order chi connectivity index (χ0) is 11.8. The molecule has 1 heterocycles. The van der Waals surface area contributed by atoms with Gasteiger partial charge >= 0.3 is 5.97 Å². The van der Waals surface area contributed by atoms with Crippen LogP contribution < -0.4 is 4.74 Å². The molecule has 16 heavy (non-hydrogen) atoms. The van der Waals surface area contributed by atoms with Crippen molar-refractivity contribution in [3.63, 3.8) is 0 Å². The van der Waals surface area contributed by atoms with Crippen LogP contribution in [0.15, 0.2) is 24.5 Å². The zero-order valence-electron chi connectivity index (χ0n) is 9.68. The summed E-state index contributed by atoms with van der Waals surface area (Å²) >= 11 is 0. The van der Waals surface area contributed by atoms with E-state index in [1.807, 2.05) is 6.92 Å². The molecule has 88 valence electrons. The van der Waals surface area contributed by atoms with Crippen LogP contribution in [-0.4, -0.2) is 23.7 Å². The molecular formula is C12H17NO3. The van der Waals surface area contributed by atoms with Crippen LogP contribution in [-0.2, 0) is 9.53 Å². The van der Waals surface area contributed by atoms with E-state index in [4.69, 9.17) is 9.47 Å². The van der Waals surface area contributed by atoms with Gasteiger partial charge in [-0.3, -0.25) is 4.98 Å². The Labute approximate surface area is 95.6 Å². The van der Waals surface area contributed by atoms with Crippen LogP contribution in [0, 0.1) is 0 Å². The number of carbonyl (C=O) groups excluding carboxylic acids is 1. The Balaban J connectivity index is 2.60. The fraction of sp³-hybridized carbons (Fsp3) is 0.500. The molecule has 1 atom stereocenters. The standard InChI is InChI=1S/C12H17NO3/c1-3-6-11(12(14)15-4-2)16-10-7-5-8-13-9-10/h5,7-9,11H,3-4,6H2,1-2H3. The molecule has 4 nitrogen and oxygen atoms in total. The van der Waals surface area contributed by atoms with Gasteiger partial charge in [0.1, 0.15) is 5.75 Å². The van der Waals surface area contributed by atoms with Gasteiger partial charge in [0, 0.05) is 6.20 Å². The first-order valence-corrected chi connectivity index (χ1v) is 5.51. The van der Waals surface area contributed by atoms with Gasteiger partial charge in [0.05, 0.1) is 12.8 Å². The number of hydrogen-bond acceptors (Lipinski definition) is 4. The Kier molecular flexibility index (Phi) is 5.32. The molecule has 0 N–H and O–H groups in total. The highest BCUT2D eigenvalue weighted by Crippen LogP contribution is 2.13. The lowest BCUT2D eigenvalue weighted by atomic mass is 10.2. The van der Waals surface area contributed by atoms with Crippen LogP contribution in [0.5, 0.6) is 5.75 Å². The normalized spacial score (nSPS) is 11.9. The van der Waals surface area contributed by atoms with Gasteiger partial charge in [-0.25, -0.2) is 4.79 Å². The van der Waals surface area contributed by atoms with Crippen LogP contribution in [0.4, 0.5) is 0 Å². The minimum absolute atomic E-state index is 0.312. The van der Waals surface area contributed by atoms with Gasteiger partial charge < -0.3 is 9.47 Å². The molecule has 1 rings (SSSR count). The Morgan fingerprint density at radius 1 is 1.50 bits per heavy atom. The number of aromatic nitrogens is 1. The molecule has 0 saturated carbocycles. The lowest BCUT2D eigenvalue weighted by Crippen LogP contribution is -2.29. The predicted molar refractivity (Wildman–Crippen MR) is 60.2 cm³/mol. The summed E-state index contributed by atoms with van der Waals surface area (Å²) in [6.45, 7) is 4.15. The fourth-order valence-electron chi connectivity index (χ4n) is 1.30. The molecule has 0 aliphatic carbocycles. The molecule has 0 spiro atoms. The van der Waals surface area contributed by atoms with Gasteiger partial charge in [0.2, 0.25) is 0 Å². The van der Waals surface area contributed by atoms with E-state index >= 15 is 0 Å². The molecule has 0 radical (unpaired) electrons. The lowest BCUT2D eigenvalue weighted by Gasteiger charge is -2.16. The van der Waals surface area contributed by atoms with Crippen LogP contribution in [0.25, 0.3) is 0 Å². The van der Waals surface area contributed by atoms with Crippen molar-refractivity contribution in [2.45, 2.75) is 32.8 Å². The first-order valence-electron chi connectivity index (χ1n) is 5.51. The number of pyridine rings is 1. The van der Waals surface area contributed by atoms with Gasteiger partial charge in [-0.05, 0) is 25.5 Å². The first kappa shape index (κ1) is 12.5. The summed E-state index contributed by atoms with van der Waals surface area (Å²) in [5, 5.41) is 0. The van der Waals surface area contributed by atoms with Crippen LogP contribution in [0.2, 0.25) is 0 Å². The highest BCUT2D eigenvalue weighted by atomic mass is 16.6. The van der Waals surface area contributed by atoms with E-state index in [9.17, 15) is 4.79 Å². The molecule has 1 aromatic rings. The molecular weight excluding hydrogens is 206 g/mol. The van der Waals surface area contributed by atoms with E-state index in [0.717, 1.165) is 6.42 Å². The van der Waals surface area contributed by atoms with E-state index < -0.39 is 6.10 Å². The molecule has 4 heteroatoms. The minimum atomic E-state index is -0.533. The van der Waals surface area contributed by atoms with Crippen LogP contribution in [0.1, 0.15) is 26.7 Å². The molecule has 1 unspecified atom stereocenters. The summed E-state index contributed by atoms with van der Waals surface area (Å²) in [6.07, 6.45) is 4.22. The third-order valence-corrected chi connectivity index (χ3v) is 2.01. The molecule has 0 fully saturated rings. The van der Waals surface area contributed by atoms with Gasteiger partial charge in [-0.15, -0.1) is 0 Å². The van der Waals surface area contributed by atoms with Crippen LogP contribution >= 0.6 is 0 Å². The maximum atomic E-state index is 11.6. The Bertz CT molecular complexity index is 313. The summed E-state index contributed by atoms with van der Waals surface area (Å²) in [4.78, 5) is 15.5. The van der Waals surface area contributed by atoms with Gasteiger partial charge in [0.25, 0.3) is 0 Å². The van der Waals surface area contributed by atoms with E-state index in [0.29, 0.717) is 18.8 Å². The van der Waals surface area contributed by atoms with Crippen molar-refractivity contribution in [2.75, 3.05) is 6.61 Å². The summed E-state index contributed by atoms with van der Waals surface area (Å²) in [5.74, 6) is 0.280. The topological polar surface area (TPSA) is 48.4 Å². The summed E-state index contributed by atoms with van der Waals surface area (Å²) in [6, 6.07) is 3.54. The number of rotatable bonds is 6. The van der Waals surface area contributed by atoms with Crippen molar-refractivity contribution >= 4 is 5.97 Å². The third kappa shape index (κ3) is 3.88. The van der Waals surface area contributed by atoms with Gasteiger partial charge in [-0.1, -0.05) is 13.3 Å². The van der Waals surface area contributed by atoms with Crippen molar-refractivity contribution in [2.24, 2.45) is 0 Å². The summed E-state index contributed by atoms with van der Waals surface area (Å²) in [5.41, 5.74) is 0. The number of nitrogens with zero attached hydrogens (tertiary/aromatic N) is 1. The van der Waals surface area contributed by atoms with Gasteiger partial charge in [-0.2, -0.15) is 0 Å². The first-order chi connectivity index (χ1) is 7.77. The second-order valence-corrected chi connectivity index (χ2v) is 3.34. The predicted octanol–water partition coefficient (Wildman–Crippen LogP) is 2.19. The number of hydrogen-bond donors (Lipinski definition) is 0. The second kappa shape index (κ2) is 6.82. The Morgan fingerprint density at radius 2 is 2.31 bits per heavy atom. The fourth-order valence-corrected chi connectivity index (χ4v) is 1.30. The third-order valence-electron chi connectivity index (χ3n) is 2.01. The largest absolute Gasteiger partial charge is 0.477 e. The number of ether oxygens (including phenoxy) is 2.